The second kappa shape index (κ2) is 6.90. The number of benzene rings is 2. The number of carboxylic acids is 1. The zero-order chi connectivity index (χ0) is 15.2. The highest BCUT2D eigenvalue weighted by Gasteiger charge is 2.13. The molecule has 0 saturated carbocycles. The van der Waals surface area contributed by atoms with E-state index >= 15 is 0 Å². The molecular formula is C17H18O4. The van der Waals surface area contributed by atoms with Crippen LogP contribution in [0.4, 0.5) is 0 Å². The maximum atomic E-state index is 11.4. The number of rotatable bonds is 6. The van der Waals surface area contributed by atoms with Gasteiger partial charge in [0.05, 0.1) is 13.2 Å². The van der Waals surface area contributed by atoms with Crippen LogP contribution < -0.4 is 4.74 Å². The van der Waals surface area contributed by atoms with E-state index in [0.29, 0.717) is 12.4 Å². The minimum absolute atomic E-state index is 0.0443. The Morgan fingerprint density at radius 3 is 2.57 bits per heavy atom. The molecule has 0 aliphatic carbocycles. The Bertz CT molecular complexity index is 634. The van der Waals surface area contributed by atoms with Crippen LogP contribution in [-0.4, -0.2) is 22.8 Å². The van der Waals surface area contributed by atoms with E-state index in [-0.39, 0.29) is 12.2 Å². The molecule has 0 amide bonds. The van der Waals surface area contributed by atoms with Gasteiger partial charge in [0.1, 0.15) is 11.3 Å². The maximum Gasteiger partial charge on any atom is 0.339 e. The number of hydrogen-bond acceptors (Lipinski definition) is 3. The highest BCUT2D eigenvalue weighted by Crippen LogP contribution is 2.27. The normalized spacial score (nSPS) is 10.4. The molecule has 110 valence electrons. The summed E-state index contributed by atoms with van der Waals surface area (Å²) >= 11 is 0. The molecule has 0 spiro atoms. The van der Waals surface area contributed by atoms with Gasteiger partial charge in [-0.05, 0) is 41.3 Å². The summed E-state index contributed by atoms with van der Waals surface area (Å²) in [5.74, 6) is -0.632. The van der Waals surface area contributed by atoms with Crippen LogP contribution in [0.5, 0.6) is 5.75 Å². The monoisotopic (exact) mass is 286 g/mol. The van der Waals surface area contributed by atoms with Gasteiger partial charge in [-0.25, -0.2) is 4.79 Å². The van der Waals surface area contributed by atoms with Crippen molar-refractivity contribution in [2.24, 2.45) is 0 Å². The first-order valence-electron chi connectivity index (χ1n) is 6.86. The Morgan fingerprint density at radius 1 is 1.14 bits per heavy atom. The van der Waals surface area contributed by atoms with Crippen LogP contribution in [0.1, 0.15) is 29.3 Å². The van der Waals surface area contributed by atoms with E-state index in [1.54, 1.807) is 12.1 Å². The summed E-state index contributed by atoms with van der Waals surface area (Å²) in [6.45, 7) is 2.41. The van der Waals surface area contributed by atoms with Crippen molar-refractivity contribution in [2.45, 2.75) is 20.0 Å². The average molecular weight is 286 g/mol. The summed E-state index contributed by atoms with van der Waals surface area (Å²) in [6.07, 6.45) is 0.819. The zero-order valence-corrected chi connectivity index (χ0v) is 11.9. The average Bonchev–Trinajstić information content (AvgIpc) is 2.52. The van der Waals surface area contributed by atoms with Crippen molar-refractivity contribution in [1.82, 2.24) is 0 Å². The van der Waals surface area contributed by atoms with Crippen LogP contribution in [0.3, 0.4) is 0 Å². The molecule has 2 N–H and O–H groups in total. The lowest BCUT2D eigenvalue weighted by Crippen LogP contribution is -2.04. The third-order valence-electron chi connectivity index (χ3n) is 3.11. The Morgan fingerprint density at radius 2 is 1.90 bits per heavy atom. The SMILES string of the molecule is CCCOc1ccc(-c2cccc(CO)c2)cc1C(=O)O. The lowest BCUT2D eigenvalue weighted by atomic mass is 10.0. The summed E-state index contributed by atoms with van der Waals surface area (Å²) in [5.41, 5.74) is 2.59. The number of aliphatic hydroxyl groups excluding tert-OH is 1. The van der Waals surface area contributed by atoms with Crippen LogP contribution >= 0.6 is 0 Å². The van der Waals surface area contributed by atoms with Crippen molar-refractivity contribution in [2.75, 3.05) is 6.61 Å². The molecule has 0 atom stereocenters. The number of carboxylic acid groups (broad SMARTS) is 1. The van der Waals surface area contributed by atoms with Gasteiger partial charge in [-0.2, -0.15) is 0 Å². The Kier molecular flexibility index (Phi) is 4.95. The summed E-state index contributed by atoms with van der Waals surface area (Å²) in [5, 5.41) is 18.5. The van der Waals surface area contributed by atoms with E-state index in [2.05, 4.69) is 0 Å². The number of ether oxygens (including phenoxy) is 1. The van der Waals surface area contributed by atoms with E-state index in [9.17, 15) is 15.0 Å². The van der Waals surface area contributed by atoms with Gasteiger partial charge in [0.25, 0.3) is 0 Å². The fourth-order valence-electron chi connectivity index (χ4n) is 2.06. The predicted octanol–water partition coefficient (Wildman–Crippen LogP) is 3.33. The third kappa shape index (κ3) is 3.61. The fraction of sp³-hybridized carbons (Fsp3) is 0.235. The number of hydrogen-bond donors (Lipinski definition) is 2. The van der Waals surface area contributed by atoms with E-state index in [0.717, 1.165) is 23.1 Å². The van der Waals surface area contributed by atoms with Crippen LogP contribution in [-0.2, 0) is 6.61 Å². The summed E-state index contributed by atoms with van der Waals surface area (Å²) in [6, 6.07) is 12.5. The zero-order valence-electron chi connectivity index (χ0n) is 11.9. The van der Waals surface area contributed by atoms with Gasteiger partial charge in [0.2, 0.25) is 0 Å². The Hall–Kier alpha value is -2.33. The van der Waals surface area contributed by atoms with Gasteiger partial charge in [-0.15, -0.1) is 0 Å². The Labute approximate surface area is 123 Å². The first-order chi connectivity index (χ1) is 10.2. The molecule has 2 aromatic rings. The van der Waals surface area contributed by atoms with E-state index in [1.807, 2.05) is 37.3 Å². The second-order valence-corrected chi connectivity index (χ2v) is 4.72. The first kappa shape index (κ1) is 15.1. The van der Waals surface area contributed by atoms with Gasteiger partial charge in [-0.3, -0.25) is 0 Å². The van der Waals surface area contributed by atoms with E-state index in [4.69, 9.17) is 4.74 Å². The van der Waals surface area contributed by atoms with Gasteiger partial charge in [-0.1, -0.05) is 31.2 Å². The molecule has 0 aliphatic rings. The lowest BCUT2D eigenvalue weighted by molar-refractivity contribution is 0.0692. The third-order valence-corrected chi connectivity index (χ3v) is 3.11. The minimum Gasteiger partial charge on any atom is -0.493 e. The summed E-state index contributed by atoms with van der Waals surface area (Å²) in [4.78, 5) is 11.4. The number of aromatic carboxylic acids is 1. The molecule has 0 radical (unpaired) electrons. The van der Waals surface area contributed by atoms with E-state index in [1.165, 1.54) is 0 Å². The molecule has 4 heteroatoms. The molecule has 0 fully saturated rings. The molecule has 0 aromatic heterocycles. The van der Waals surface area contributed by atoms with Crippen LogP contribution in [0, 0.1) is 0 Å². The fourth-order valence-corrected chi connectivity index (χ4v) is 2.06. The maximum absolute atomic E-state index is 11.4. The standard InChI is InChI=1S/C17H18O4/c1-2-8-21-16-7-6-14(10-15(16)17(19)20)13-5-3-4-12(9-13)11-18/h3-7,9-10,18H,2,8,11H2,1H3,(H,19,20). The van der Waals surface area contributed by atoms with Crippen LogP contribution in [0.25, 0.3) is 11.1 Å². The molecule has 0 bridgehead atoms. The van der Waals surface area contributed by atoms with Crippen molar-refractivity contribution >= 4 is 5.97 Å². The molecule has 0 heterocycles. The molecule has 0 aliphatic heterocycles. The largest absolute Gasteiger partial charge is 0.493 e. The second-order valence-electron chi connectivity index (χ2n) is 4.72. The van der Waals surface area contributed by atoms with Crippen molar-refractivity contribution in [3.05, 3.63) is 53.6 Å². The van der Waals surface area contributed by atoms with Crippen molar-refractivity contribution < 1.29 is 19.7 Å². The molecule has 0 saturated heterocycles. The van der Waals surface area contributed by atoms with Crippen molar-refractivity contribution in [3.63, 3.8) is 0 Å². The molecule has 2 rings (SSSR count). The Balaban J connectivity index is 2.41. The van der Waals surface area contributed by atoms with Crippen LogP contribution in [0.2, 0.25) is 0 Å². The molecule has 2 aromatic carbocycles. The quantitative estimate of drug-likeness (QED) is 0.854. The van der Waals surface area contributed by atoms with Gasteiger partial charge in [0.15, 0.2) is 0 Å². The molecule has 4 nitrogen and oxygen atoms in total. The summed E-state index contributed by atoms with van der Waals surface area (Å²) in [7, 11) is 0. The molecular weight excluding hydrogens is 268 g/mol. The lowest BCUT2D eigenvalue weighted by Gasteiger charge is -2.11. The number of aliphatic hydroxyl groups is 1. The molecule has 0 unspecified atom stereocenters. The first-order valence-corrected chi connectivity index (χ1v) is 6.86. The summed E-state index contributed by atoms with van der Waals surface area (Å²) < 4.78 is 5.46. The predicted molar refractivity (Wildman–Crippen MR) is 80.5 cm³/mol. The number of carbonyl (C=O) groups is 1. The van der Waals surface area contributed by atoms with Gasteiger partial charge in [0, 0.05) is 0 Å². The smallest absolute Gasteiger partial charge is 0.339 e. The van der Waals surface area contributed by atoms with Crippen molar-refractivity contribution in [1.29, 1.82) is 0 Å². The van der Waals surface area contributed by atoms with E-state index < -0.39 is 5.97 Å². The van der Waals surface area contributed by atoms with Gasteiger partial charge >= 0.3 is 5.97 Å². The molecule has 21 heavy (non-hydrogen) atoms. The topological polar surface area (TPSA) is 66.8 Å². The minimum atomic E-state index is -1.01. The highest BCUT2D eigenvalue weighted by molar-refractivity contribution is 5.92. The van der Waals surface area contributed by atoms with Crippen molar-refractivity contribution in [3.8, 4) is 16.9 Å². The van der Waals surface area contributed by atoms with Crippen LogP contribution in [0.15, 0.2) is 42.5 Å². The highest BCUT2D eigenvalue weighted by atomic mass is 16.5. The van der Waals surface area contributed by atoms with Gasteiger partial charge < -0.3 is 14.9 Å².